The molecule has 0 fully saturated rings. The van der Waals surface area contributed by atoms with Crippen molar-refractivity contribution in [1.82, 2.24) is 9.55 Å². The van der Waals surface area contributed by atoms with E-state index in [2.05, 4.69) is 182 Å². The maximum absolute atomic E-state index is 6.86. The average molecular weight is 643 g/mol. The van der Waals surface area contributed by atoms with Gasteiger partial charge in [0, 0.05) is 27.8 Å². The number of hydrogen-bond donors (Lipinski definition) is 0. The monoisotopic (exact) mass is 642 g/mol. The first-order valence-corrected chi connectivity index (χ1v) is 17.3. The summed E-state index contributed by atoms with van der Waals surface area (Å²) in [6.07, 6.45) is 0. The van der Waals surface area contributed by atoms with Crippen molar-refractivity contribution >= 4 is 11.0 Å². The molecule has 0 radical (unpaired) electrons. The van der Waals surface area contributed by atoms with E-state index < -0.39 is 5.41 Å². The van der Waals surface area contributed by atoms with Crippen LogP contribution in [0.25, 0.3) is 39.2 Å². The molecule has 0 bridgehead atoms. The van der Waals surface area contributed by atoms with Gasteiger partial charge in [-0.2, -0.15) is 0 Å². The minimum atomic E-state index is -0.520. The van der Waals surface area contributed by atoms with Gasteiger partial charge < -0.3 is 4.74 Å². The van der Waals surface area contributed by atoms with Crippen LogP contribution in [0.15, 0.2) is 170 Å². The Morgan fingerprint density at radius 1 is 0.460 bits per heavy atom. The summed E-state index contributed by atoms with van der Waals surface area (Å²) in [5.41, 5.74) is 13.4. The van der Waals surface area contributed by atoms with Gasteiger partial charge in [0.2, 0.25) is 0 Å². The van der Waals surface area contributed by atoms with Crippen molar-refractivity contribution in [3.05, 3.63) is 203 Å². The predicted molar refractivity (Wildman–Crippen MR) is 202 cm³/mol. The summed E-state index contributed by atoms with van der Waals surface area (Å²) < 4.78 is 9.12. The van der Waals surface area contributed by atoms with Crippen LogP contribution in [0, 0.1) is 0 Å². The zero-order valence-electron chi connectivity index (χ0n) is 28.0. The van der Waals surface area contributed by atoms with Gasteiger partial charge in [0.05, 0.1) is 16.4 Å². The zero-order valence-corrected chi connectivity index (χ0v) is 28.0. The molecule has 7 aromatic carbocycles. The summed E-state index contributed by atoms with van der Waals surface area (Å²) in [7, 11) is 0. The normalized spacial score (nSPS) is 14.7. The molecule has 3 nitrogen and oxygen atoms in total. The molecule has 1 spiro atoms. The van der Waals surface area contributed by atoms with E-state index in [1.165, 1.54) is 27.8 Å². The summed E-state index contributed by atoms with van der Waals surface area (Å²) in [4.78, 5) is 5.14. The molecule has 0 N–H and O–H groups in total. The van der Waals surface area contributed by atoms with Crippen LogP contribution in [-0.4, -0.2) is 9.55 Å². The third kappa shape index (κ3) is 3.95. The van der Waals surface area contributed by atoms with Crippen LogP contribution >= 0.6 is 0 Å². The van der Waals surface area contributed by atoms with Gasteiger partial charge >= 0.3 is 0 Å². The van der Waals surface area contributed by atoms with Crippen LogP contribution in [0.4, 0.5) is 0 Å². The largest absolute Gasteiger partial charge is 0.457 e. The molecule has 2 heterocycles. The Labute approximate surface area is 292 Å². The van der Waals surface area contributed by atoms with E-state index >= 15 is 0 Å². The molecule has 10 rings (SSSR count). The highest BCUT2D eigenvalue weighted by atomic mass is 16.5. The maximum atomic E-state index is 6.86. The third-order valence-corrected chi connectivity index (χ3v) is 10.9. The van der Waals surface area contributed by atoms with Crippen molar-refractivity contribution in [3.8, 4) is 39.7 Å². The second-order valence-electron chi connectivity index (χ2n) is 14.0. The fraction of sp³-hybridized carbons (Fsp3) is 0.0851. The number of ether oxygens (including phenoxy) is 1. The molecule has 0 amide bonds. The van der Waals surface area contributed by atoms with Crippen molar-refractivity contribution in [2.45, 2.75) is 24.7 Å². The van der Waals surface area contributed by atoms with Crippen molar-refractivity contribution in [2.75, 3.05) is 0 Å². The number of fused-ring (bicyclic) bond motifs is 9. The minimum absolute atomic E-state index is 0.150. The number of rotatable bonds is 3. The van der Waals surface area contributed by atoms with Crippen molar-refractivity contribution < 1.29 is 4.74 Å². The molecule has 1 aliphatic carbocycles. The Hall–Kier alpha value is -6.19. The number of hydrogen-bond acceptors (Lipinski definition) is 2. The smallest absolute Gasteiger partial charge is 0.145 e. The van der Waals surface area contributed by atoms with Gasteiger partial charge in [-0.25, -0.2) is 4.98 Å². The highest BCUT2D eigenvalue weighted by Crippen LogP contribution is 2.61. The number of nitrogens with zero attached hydrogens (tertiary/aromatic N) is 2. The van der Waals surface area contributed by atoms with Crippen LogP contribution in [-0.2, 0) is 10.8 Å². The van der Waals surface area contributed by atoms with Crippen LogP contribution in [0.2, 0.25) is 0 Å². The lowest BCUT2D eigenvalue weighted by molar-refractivity contribution is 0.425. The lowest BCUT2D eigenvalue weighted by atomic mass is 9.53. The SMILES string of the molecule is CC1(C)c2ccccc2C2(c3ccccc3Oc3cc(-c4cccc(-c5nc6ccccc6n5-c5ccccc5)c4)ccc32)c2ccccc21. The number of para-hydroxylation sites is 4. The van der Waals surface area contributed by atoms with E-state index in [-0.39, 0.29) is 5.41 Å². The number of aromatic nitrogens is 2. The van der Waals surface area contributed by atoms with Crippen molar-refractivity contribution in [2.24, 2.45) is 0 Å². The fourth-order valence-corrected chi connectivity index (χ4v) is 8.70. The lowest BCUT2D eigenvalue weighted by Crippen LogP contribution is -2.43. The summed E-state index contributed by atoms with van der Waals surface area (Å²) >= 11 is 0. The zero-order chi connectivity index (χ0) is 33.5. The molecule has 2 aliphatic rings. The molecule has 1 aromatic heterocycles. The lowest BCUT2D eigenvalue weighted by Gasteiger charge is -2.50. The van der Waals surface area contributed by atoms with E-state index in [1.54, 1.807) is 0 Å². The van der Waals surface area contributed by atoms with Gasteiger partial charge in [0.25, 0.3) is 0 Å². The van der Waals surface area contributed by atoms with E-state index in [1.807, 2.05) is 6.07 Å². The standard InChI is InChI=1S/C47H34N2O/c1-46(2)35-19-6-8-21-37(35)47(38-22-9-7-20-36(38)46)39-23-10-13-26-43(39)50-44-30-32(27-28-40(44)47)31-15-14-16-33(29-31)45-48-41-24-11-12-25-42(41)49(45)34-17-4-3-5-18-34/h3-30H,1-2H3. The molecule has 1 aliphatic heterocycles. The van der Waals surface area contributed by atoms with Crippen LogP contribution in [0.3, 0.4) is 0 Å². The van der Waals surface area contributed by atoms with Crippen LogP contribution in [0.5, 0.6) is 11.5 Å². The Kier molecular flexibility index (Phi) is 6.13. The number of benzene rings is 7. The summed E-state index contributed by atoms with van der Waals surface area (Å²) in [6.45, 7) is 4.71. The van der Waals surface area contributed by atoms with E-state index in [9.17, 15) is 0 Å². The molecule has 0 saturated heterocycles. The highest BCUT2D eigenvalue weighted by Gasteiger charge is 2.52. The summed E-state index contributed by atoms with van der Waals surface area (Å²) in [5.74, 6) is 2.69. The quantitative estimate of drug-likeness (QED) is 0.192. The van der Waals surface area contributed by atoms with Gasteiger partial charge in [0.1, 0.15) is 17.3 Å². The van der Waals surface area contributed by atoms with Crippen molar-refractivity contribution in [1.29, 1.82) is 0 Å². The van der Waals surface area contributed by atoms with Gasteiger partial charge in [-0.3, -0.25) is 4.57 Å². The topological polar surface area (TPSA) is 27.1 Å². The number of imidazole rings is 1. The first kappa shape index (κ1) is 28.8. The Morgan fingerprint density at radius 3 is 1.80 bits per heavy atom. The van der Waals surface area contributed by atoms with Crippen LogP contribution in [0.1, 0.15) is 47.2 Å². The average Bonchev–Trinajstić information content (AvgIpc) is 3.57. The molecular formula is C47H34N2O. The second-order valence-corrected chi connectivity index (χ2v) is 14.0. The molecule has 0 atom stereocenters. The Balaban J connectivity index is 1.18. The first-order chi connectivity index (χ1) is 24.5. The molecular weight excluding hydrogens is 609 g/mol. The summed E-state index contributed by atoms with van der Waals surface area (Å²) in [5, 5.41) is 0. The molecule has 238 valence electrons. The molecule has 50 heavy (non-hydrogen) atoms. The summed E-state index contributed by atoms with van der Waals surface area (Å²) in [6, 6.07) is 60.9. The highest BCUT2D eigenvalue weighted by molar-refractivity contribution is 5.85. The van der Waals surface area contributed by atoms with E-state index in [4.69, 9.17) is 9.72 Å². The van der Waals surface area contributed by atoms with E-state index in [0.29, 0.717) is 0 Å². The third-order valence-electron chi connectivity index (χ3n) is 10.9. The van der Waals surface area contributed by atoms with E-state index in [0.717, 1.165) is 56.3 Å². The van der Waals surface area contributed by atoms with Gasteiger partial charge in [0.15, 0.2) is 0 Å². The predicted octanol–water partition coefficient (Wildman–Crippen LogP) is 11.5. The molecule has 8 aromatic rings. The maximum Gasteiger partial charge on any atom is 0.145 e. The van der Waals surface area contributed by atoms with Crippen molar-refractivity contribution in [3.63, 3.8) is 0 Å². The van der Waals surface area contributed by atoms with Crippen LogP contribution < -0.4 is 4.74 Å². The Bertz CT molecular complexity index is 2560. The fourth-order valence-electron chi connectivity index (χ4n) is 8.70. The van der Waals surface area contributed by atoms with Gasteiger partial charge in [-0.1, -0.05) is 141 Å². The first-order valence-electron chi connectivity index (χ1n) is 17.3. The molecule has 0 unspecified atom stereocenters. The molecule has 3 heteroatoms. The molecule has 0 saturated carbocycles. The second kappa shape index (κ2) is 10.7. The Morgan fingerprint density at radius 2 is 1.04 bits per heavy atom. The van der Waals surface area contributed by atoms with Gasteiger partial charge in [-0.05, 0) is 75.8 Å². The minimum Gasteiger partial charge on any atom is -0.457 e. The van der Waals surface area contributed by atoms with Gasteiger partial charge in [-0.15, -0.1) is 0 Å².